The Kier molecular flexibility index (Phi) is 5.21. The SMILES string of the molecule is CCc1ccc(-n2ncc(-c3nnn(Cc4ccc(OC)cc4)n3)c2Br)cc1. The monoisotopic (exact) mass is 438 g/mol. The van der Waals surface area contributed by atoms with Crippen molar-refractivity contribution in [3.63, 3.8) is 0 Å². The van der Waals surface area contributed by atoms with Gasteiger partial charge in [0.05, 0.1) is 31.1 Å². The zero-order valence-electron chi connectivity index (χ0n) is 15.6. The van der Waals surface area contributed by atoms with Crippen LogP contribution < -0.4 is 4.74 Å². The number of tetrazole rings is 1. The Hall–Kier alpha value is -3.00. The number of rotatable bonds is 6. The van der Waals surface area contributed by atoms with Gasteiger partial charge in [-0.05, 0) is 63.0 Å². The van der Waals surface area contributed by atoms with Crippen LogP contribution in [-0.2, 0) is 13.0 Å². The standard InChI is InChI=1S/C20H19BrN6O/c1-3-14-4-8-16(9-5-14)27-19(21)18(12-22-27)20-23-25-26(24-20)13-15-6-10-17(28-2)11-7-15/h4-12H,3,13H2,1-2H3. The summed E-state index contributed by atoms with van der Waals surface area (Å²) in [5.41, 5.74) is 4.12. The van der Waals surface area contributed by atoms with Crippen molar-refractivity contribution in [3.8, 4) is 22.8 Å². The van der Waals surface area contributed by atoms with Gasteiger partial charge >= 0.3 is 0 Å². The number of nitrogens with zero attached hydrogens (tertiary/aromatic N) is 6. The second kappa shape index (κ2) is 7.93. The summed E-state index contributed by atoms with van der Waals surface area (Å²) in [7, 11) is 1.65. The van der Waals surface area contributed by atoms with E-state index in [0.29, 0.717) is 12.4 Å². The number of hydrogen-bond acceptors (Lipinski definition) is 5. The minimum atomic E-state index is 0.525. The Labute approximate surface area is 171 Å². The molecule has 4 rings (SSSR count). The summed E-state index contributed by atoms with van der Waals surface area (Å²) in [6.07, 6.45) is 2.75. The molecule has 0 aliphatic heterocycles. The molecule has 0 fully saturated rings. The van der Waals surface area contributed by atoms with Crippen molar-refractivity contribution in [2.75, 3.05) is 7.11 Å². The van der Waals surface area contributed by atoms with E-state index in [0.717, 1.165) is 33.6 Å². The van der Waals surface area contributed by atoms with E-state index in [4.69, 9.17) is 4.74 Å². The first kappa shape index (κ1) is 18.4. The second-order valence-electron chi connectivity index (χ2n) is 6.27. The van der Waals surface area contributed by atoms with E-state index in [1.165, 1.54) is 5.56 Å². The van der Waals surface area contributed by atoms with Crippen LogP contribution in [0.1, 0.15) is 18.1 Å². The van der Waals surface area contributed by atoms with Gasteiger partial charge in [-0.15, -0.1) is 10.2 Å². The largest absolute Gasteiger partial charge is 0.497 e. The minimum absolute atomic E-state index is 0.525. The highest BCUT2D eigenvalue weighted by Crippen LogP contribution is 2.27. The number of methoxy groups -OCH3 is 1. The number of ether oxygens (including phenoxy) is 1. The maximum atomic E-state index is 5.18. The third kappa shape index (κ3) is 3.68. The molecule has 0 spiro atoms. The quantitative estimate of drug-likeness (QED) is 0.456. The first-order valence-corrected chi connectivity index (χ1v) is 9.71. The Morgan fingerprint density at radius 3 is 2.39 bits per heavy atom. The van der Waals surface area contributed by atoms with E-state index in [-0.39, 0.29) is 0 Å². The molecule has 8 heteroatoms. The Balaban J connectivity index is 1.55. The van der Waals surface area contributed by atoms with E-state index >= 15 is 0 Å². The maximum absolute atomic E-state index is 5.18. The van der Waals surface area contributed by atoms with E-state index in [1.807, 2.05) is 41.1 Å². The number of hydrogen-bond donors (Lipinski definition) is 0. The third-order valence-electron chi connectivity index (χ3n) is 4.48. The van der Waals surface area contributed by atoms with Crippen LogP contribution in [0.4, 0.5) is 0 Å². The Morgan fingerprint density at radius 1 is 1.00 bits per heavy atom. The van der Waals surface area contributed by atoms with E-state index < -0.39 is 0 Å². The lowest BCUT2D eigenvalue weighted by atomic mass is 10.1. The van der Waals surface area contributed by atoms with Crippen LogP contribution in [0.3, 0.4) is 0 Å². The fourth-order valence-corrected chi connectivity index (χ4v) is 3.42. The fourth-order valence-electron chi connectivity index (χ4n) is 2.85. The Morgan fingerprint density at radius 2 is 1.71 bits per heavy atom. The van der Waals surface area contributed by atoms with Crippen LogP contribution in [0.5, 0.6) is 5.75 Å². The van der Waals surface area contributed by atoms with Crippen LogP contribution in [0.25, 0.3) is 17.1 Å². The van der Waals surface area contributed by atoms with E-state index in [1.54, 1.807) is 18.1 Å². The number of benzene rings is 2. The number of aryl methyl sites for hydroxylation is 1. The van der Waals surface area contributed by atoms with Gasteiger partial charge in [-0.25, -0.2) is 4.68 Å². The summed E-state index contributed by atoms with van der Waals surface area (Å²) in [4.78, 5) is 1.57. The molecule has 0 unspecified atom stereocenters. The summed E-state index contributed by atoms with van der Waals surface area (Å²) in [5, 5.41) is 17.3. The van der Waals surface area contributed by atoms with Crippen LogP contribution in [-0.4, -0.2) is 37.1 Å². The first-order chi connectivity index (χ1) is 13.7. The zero-order chi connectivity index (χ0) is 19.5. The van der Waals surface area contributed by atoms with Crippen LogP contribution in [0.15, 0.2) is 59.3 Å². The lowest BCUT2D eigenvalue weighted by Crippen LogP contribution is -2.04. The minimum Gasteiger partial charge on any atom is -0.497 e. The first-order valence-electron chi connectivity index (χ1n) is 8.92. The van der Waals surface area contributed by atoms with E-state index in [9.17, 15) is 0 Å². The highest BCUT2D eigenvalue weighted by Gasteiger charge is 2.16. The molecule has 0 N–H and O–H groups in total. The summed E-state index contributed by atoms with van der Waals surface area (Å²) in [6.45, 7) is 2.67. The van der Waals surface area contributed by atoms with E-state index in [2.05, 4.69) is 55.5 Å². The summed E-state index contributed by atoms with van der Waals surface area (Å²) in [6, 6.07) is 16.1. The maximum Gasteiger partial charge on any atom is 0.209 e. The predicted octanol–water partition coefficient (Wildman–Crippen LogP) is 3.91. The number of aromatic nitrogens is 6. The van der Waals surface area contributed by atoms with Crippen molar-refractivity contribution in [2.45, 2.75) is 19.9 Å². The molecule has 0 saturated carbocycles. The van der Waals surface area contributed by atoms with Gasteiger partial charge in [0.1, 0.15) is 10.4 Å². The van der Waals surface area contributed by atoms with Gasteiger partial charge < -0.3 is 4.74 Å². The average molecular weight is 439 g/mol. The van der Waals surface area contributed by atoms with Crippen LogP contribution >= 0.6 is 15.9 Å². The van der Waals surface area contributed by atoms with Gasteiger partial charge in [0.15, 0.2) is 0 Å². The van der Waals surface area contributed by atoms with Crippen molar-refractivity contribution in [2.24, 2.45) is 0 Å². The molecule has 0 amide bonds. The van der Waals surface area contributed by atoms with Crippen LogP contribution in [0, 0.1) is 0 Å². The number of halogens is 1. The molecule has 0 radical (unpaired) electrons. The average Bonchev–Trinajstić information content (AvgIpc) is 3.35. The highest BCUT2D eigenvalue weighted by atomic mass is 79.9. The van der Waals surface area contributed by atoms with Crippen molar-refractivity contribution < 1.29 is 4.74 Å². The zero-order valence-corrected chi connectivity index (χ0v) is 17.2. The van der Waals surface area contributed by atoms with Gasteiger partial charge in [0, 0.05) is 0 Å². The van der Waals surface area contributed by atoms with Crippen LogP contribution in [0.2, 0.25) is 0 Å². The van der Waals surface area contributed by atoms with Crippen molar-refractivity contribution in [1.82, 2.24) is 30.0 Å². The third-order valence-corrected chi connectivity index (χ3v) is 5.24. The molecule has 28 heavy (non-hydrogen) atoms. The molecule has 2 aromatic heterocycles. The highest BCUT2D eigenvalue weighted by molar-refractivity contribution is 9.10. The molecule has 0 aliphatic carbocycles. The fraction of sp³-hybridized carbons (Fsp3) is 0.200. The second-order valence-corrected chi connectivity index (χ2v) is 7.02. The van der Waals surface area contributed by atoms with Crippen molar-refractivity contribution in [1.29, 1.82) is 0 Å². The summed E-state index contributed by atoms with van der Waals surface area (Å²) < 4.78 is 7.79. The molecule has 0 saturated heterocycles. The molecular weight excluding hydrogens is 420 g/mol. The molecule has 0 atom stereocenters. The molecule has 2 heterocycles. The lowest BCUT2D eigenvalue weighted by Gasteiger charge is -2.04. The normalized spacial score (nSPS) is 11.0. The predicted molar refractivity (Wildman–Crippen MR) is 110 cm³/mol. The molecule has 0 bridgehead atoms. The van der Waals surface area contributed by atoms with Gasteiger partial charge in [-0.2, -0.15) is 9.90 Å². The molecule has 142 valence electrons. The topological polar surface area (TPSA) is 70.7 Å². The molecule has 0 aliphatic rings. The van der Waals surface area contributed by atoms with Gasteiger partial charge in [-0.1, -0.05) is 31.2 Å². The van der Waals surface area contributed by atoms with Crippen molar-refractivity contribution >= 4 is 15.9 Å². The molecule has 2 aromatic carbocycles. The van der Waals surface area contributed by atoms with Gasteiger partial charge in [0.25, 0.3) is 0 Å². The Bertz CT molecular complexity index is 1070. The summed E-state index contributed by atoms with van der Waals surface area (Å²) in [5.74, 6) is 1.34. The molecule has 7 nitrogen and oxygen atoms in total. The smallest absolute Gasteiger partial charge is 0.209 e. The lowest BCUT2D eigenvalue weighted by molar-refractivity contribution is 0.414. The molecular formula is C20H19BrN6O. The molecule has 4 aromatic rings. The van der Waals surface area contributed by atoms with Crippen molar-refractivity contribution in [3.05, 3.63) is 70.5 Å². The van der Waals surface area contributed by atoms with Gasteiger partial charge in [0.2, 0.25) is 5.82 Å². The summed E-state index contributed by atoms with van der Waals surface area (Å²) >= 11 is 3.62. The van der Waals surface area contributed by atoms with Gasteiger partial charge in [-0.3, -0.25) is 0 Å².